The molecule has 7 nitrogen and oxygen atoms in total. The van der Waals surface area contributed by atoms with Crippen molar-refractivity contribution in [2.24, 2.45) is 5.41 Å². The summed E-state index contributed by atoms with van der Waals surface area (Å²) in [5.74, 6) is -0.249. The maximum absolute atomic E-state index is 13.1. The van der Waals surface area contributed by atoms with E-state index in [2.05, 4.69) is 10.6 Å². The van der Waals surface area contributed by atoms with Gasteiger partial charge in [0.15, 0.2) is 5.78 Å². The number of alkyl carbamates (subject to hydrolysis) is 1. The van der Waals surface area contributed by atoms with Gasteiger partial charge < -0.3 is 14.8 Å². The molecule has 2 aromatic rings. The third kappa shape index (κ3) is 8.06. The number of carbonyl (C=O) groups is 3. The van der Waals surface area contributed by atoms with Gasteiger partial charge in [-0.2, -0.15) is 0 Å². The molecule has 0 spiro atoms. The predicted molar refractivity (Wildman–Crippen MR) is 124 cm³/mol. The zero-order chi connectivity index (χ0) is 23.9. The van der Waals surface area contributed by atoms with Crippen LogP contribution in [0.4, 0.5) is 15.3 Å². The molecular formula is C25H32N2O5. The molecule has 0 fully saturated rings. The quantitative estimate of drug-likeness (QED) is 0.574. The normalized spacial score (nSPS) is 12.4. The molecule has 0 saturated carbocycles. The number of hydrogen-bond donors (Lipinski definition) is 2. The van der Waals surface area contributed by atoms with E-state index in [4.69, 9.17) is 9.47 Å². The Bertz CT molecular complexity index is 926. The summed E-state index contributed by atoms with van der Waals surface area (Å²) in [6.07, 6.45) is -1.24. The van der Waals surface area contributed by atoms with Crippen molar-refractivity contribution in [2.45, 2.75) is 59.8 Å². The number of amides is 2. The molecule has 0 aliphatic carbocycles. The van der Waals surface area contributed by atoms with Crippen LogP contribution in [-0.2, 0) is 16.1 Å². The van der Waals surface area contributed by atoms with Crippen LogP contribution in [0.2, 0.25) is 0 Å². The molecule has 0 heterocycles. The topological polar surface area (TPSA) is 93.7 Å². The van der Waals surface area contributed by atoms with E-state index in [1.165, 1.54) is 0 Å². The molecule has 0 radical (unpaired) electrons. The van der Waals surface area contributed by atoms with E-state index in [-0.39, 0.29) is 12.4 Å². The number of ketones is 1. The molecule has 2 aromatic carbocycles. The van der Waals surface area contributed by atoms with Crippen molar-refractivity contribution in [2.75, 3.05) is 5.32 Å². The second-order valence-corrected chi connectivity index (χ2v) is 9.57. The molecule has 0 aliphatic rings. The lowest BCUT2D eigenvalue weighted by Crippen LogP contribution is -2.50. The van der Waals surface area contributed by atoms with Gasteiger partial charge in [-0.05, 0) is 56.0 Å². The summed E-state index contributed by atoms with van der Waals surface area (Å²) in [4.78, 5) is 37.4. The molecule has 1 unspecified atom stereocenters. The van der Waals surface area contributed by atoms with Crippen LogP contribution in [0.1, 0.15) is 57.5 Å². The maximum Gasteiger partial charge on any atom is 0.411 e. The fourth-order valence-electron chi connectivity index (χ4n) is 2.86. The fourth-order valence-corrected chi connectivity index (χ4v) is 2.86. The first kappa shape index (κ1) is 24.9. The second-order valence-electron chi connectivity index (χ2n) is 9.57. The average Bonchev–Trinajstić information content (AvgIpc) is 2.69. The Morgan fingerprint density at radius 1 is 0.844 bits per heavy atom. The van der Waals surface area contributed by atoms with Gasteiger partial charge in [0, 0.05) is 11.3 Å². The molecule has 0 bridgehead atoms. The number of anilines is 1. The molecule has 172 valence electrons. The molecule has 2 N–H and O–H groups in total. The number of rotatable bonds is 6. The SMILES string of the molecule is CC(C)(C)OC(=O)NC(C(=O)c1ccc(NC(=O)OCc2ccccc2)cc1)C(C)(C)C. The molecule has 7 heteroatoms. The monoisotopic (exact) mass is 440 g/mol. The van der Waals surface area contributed by atoms with Gasteiger partial charge in [-0.25, -0.2) is 9.59 Å². The van der Waals surface area contributed by atoms with E-state index >= 15 is 0 Å². The van der Waals surface area contributed by atoms with Gasteiger partial charge in [-0.3, -0.25) is 10.1 Å². The Morgan fingerprint density at radius 3 is 1.97 bits per heavy atom. The summed E-state index contributed by atoms with van der Waals surface area (Å²) in [6, 6.07) is 15.0. The minimum Gasteiger partial charge on any atom is -0.444 e. The molecule has 2 rings (SSSR count). The van der Waals surface area contributed by atoms with Crippen molar-refractivity contribution in [1.82, 2.24) is 5.32 Å². The third-order valence-corrected chi connectivity index (χ3v) is 4.42. The third-order valence-electron chi connectivity index (χ3n) is 4.42. The Hall–Kier alpha value is -3.35. The standard InChI is InChI=1S/C25H32N2O5/c1-24(2,3)21(27-23(30)32-25(4,5)6)20(28)18-12-14-19(15-13-18)26-22(29)31-16-17-10-8-7-9-11-17/h7-15,21H,16H2,1-6H3,(H,26,29)(H,27,30). The van der Waals surface area contributed by atoms with Crippen molar-refractivity contribution in [3.05, 3.63) is 65.7 Å². The lowest BCUT2D eigenvalue weighted by molar-refractivity contribution is 0.0446. The van der Waals surface area contributed by atoms with Gasteiger partial charge in [0.25, 0.3) is 0 Å². The Kier molecular flexibility index (Phi) is 8.02. The van der Waals surface area contributed by atoms with Gasteiger partial charge >= 0.3 is 12.2 Å². The summed E-state index contributed by atoms with van der Waals surface area (Å²) in [5, 5.41) is 5.32. The summed E-state index contributed by atoms with van der Waals surface area (Å²) in [5.41, 5.74) is 0.579. The first-order valence-electron chi connectivity index (χ1n) is 10.5. The zero-order valence-corrected chi connectivity index (χ0v) is 19.5. The van der Waals surface area contributed by atoms with Crippen molar-refractivity contribution < 1.29 is 23.9 Å². The summed E-state index contributed by atoms with van der Waals surface area (Å²) in [6.45, 7) is 11.0. The van der Waals surface area contributed by atoms with Crippen LogP contribution in [0.3, 0.4) is 0 Å². The van der Waals surface area contributed by atoms with Crippen molar-refractivity contribution >= 4 is 23.7 Å². The zero-order valence-electron chi connectivity index (χ0n) is 19.5. The Morgan fingerprint density at radius 2 is 1.44 bits per heavy atom. The van der Waals surface area contributed by atoms with Crippen LogP contribution in [0.25, 0.3) is 0 Å². The van der Waals surface area contributed by atoms with Crippen LogP contribution >= 0.6 is 0 Å². The molecule has 32 heavy (non-hydrogen) atoms. The minimum atomic E-state index is -0.785. The van der Waals surface area contributed by atoms with Gasteiger partial charge in [-0.15, -0.1) is 0 Å². The second kappa shape index (κ2) is 10.3. The van der Waals surface area contributed by atoms with Crippen LogP contribution in [-0.4, -0.2) is 29.6 Å². The van der Waals surface area contributed by atoms with Crippen LogP contribution in [0, 0.1) is 5.41 Å². The van der Waals surface area contributed by atoms with Crippen LogP contribution in [0.5, 0.6) is 0 Å². The average molecular weight is 441 g/mol. The summed E-state index contributed by atoms with van der Waals surface area (Å²) in [7, 11) is 0. The van der Waals surface area contributed by atoms with Gasteiger partial charge in [0.05, 0.1) is 0 Å². The number of carbonyl (C=O) groups excluding carboxylic acids is 3. The highest BCUT2D eigenvalue weighted by Gasteiger charge is 2.34. The van der Waals surface area contributed by atoms with E-state index in [0.29, 0.717) is 11.3 Å². The molecule has 0 aliphatic heterocycles. The number of ether oxygens (including phenoxy) is 2. The lowest BCUT2D eigenvalue weighted by Gasteiger charge is -2.31. The van der Waals surface area contributed by atoms with Gasteiger partial charge in [0.1, 0.15) is 18.2 Å². The number of nitrogens with one attached hydrogen (secondary N) is 2. The van der Waals surface area contributed by atoms with Gasteiger partial charge in [-0.1, -0.05) is 51.1 Å². The van der Waals surface area contributed by atoms with Crippen molar-refractivity contribution in [3.8, 4) is 0 Å². The van der Waals surface area contributed by atoms with E-state index in [0.717, 1.165) is 5.56 Å². The molecule has 1 atom stereocenters. The number of Topliss-reactive ketones (excluding diaryl/α,β-unsaturated/α-hetero) is 1. The largest absolute Gasteiger partial charge is 0.444 e. The molecule has 2 amide bonds. The van der Waals surface area contributed by atoms with Crippen molar-refractivity contribution in [1.29, 1.82) is 0 Å². The van der Waals surface area contributed by atoms with E-state index in [9.17, 15) is 14.4 Å². The molecule has 0 aromatic heterocycles. The number of benzene rings is 2. The Balaban J connectivity index is 2.01. The highest BCUT2D eigenvalue weighted by Crippen LogP contribution is 2.24. The van der Waals surface area contributed by atoms with Crippen molar-refractivity contribution in [3.63, 3.8) is 0 Å². The first-order chi connectivity index (χ1) is 14.8. The molecular weight excluding hydrogens is 408 g/mol. The fraction of sp³-hybridized carbons (Fsp3) is 0.400. The highest BCUT2D eigenvalue weighted by atomic mass is 16.6. The van der Waals surface area contributed by atoms with Crippen LogP contribution < -0.4 is 10.6 Å². The summed E-state index contributed by atoms with van der Waals surface area (Å²) < 4.78 is 10.5. The van der Waals surface area contributed by atoms with E-state index in [1.54, 1.807) is 45.0 Å². The molecule has 0 saturated heterocycles. The van der Waals surface area contributed by atoms with Crippen LogP contribution in [0.15, 0.2) is 54.6 Å². The number of hydrogen-bond acceptors (Lipinski definition) is 5. The highest BCUT2D eigenvalue weighted by molar-refractivity contribution is 6.02. The predicted octanol–water partition coefficient (Wildman–Crippen LogP) is 5.56. The lowest BCUT2D eigenvalue weighted by atomic mass is 9.82. The van der Waals surface area contributed by atoms with Gasteiger partial charge in [0.2, 0.25) is 0 Å². The smallest absolute Gasteiger partial charge is 0.411 e. The van der Waals surface area contributed by atoms with E-state index in [1.807, 2.05) is 51.1 Å². The minimum absolute atomic E-state index is 0.160. The maximum atomic E-state index is 13.1. The first-order valence-corrected chi connectivity index (χ1v) is 10.5. The Labute approximate surface area is 189 Å². The van der Waals surface area contributed by atoms with E-state index < -0.39 is 29.2 Å². The summed E-state index contributed by atoms with van der Waals surface area (Å²) >= 11 is 0.